The van der Waals surface area contributed by atoms with E-state index in [9.17, 15) is 14.4 Å². The minimum atomic E-state index is -0.825. The highest BCUT2D eigenvalue weighted by Crippen LogP contribution is 2.28. The molecule has 4 rings (SSSR count). The van der Waals surface area contributed by atoms with Crippen LogP contribution in [0.2, 0.25) is 0 Å². The predicted octanol–water partition coefficient (Wildman–Crippen LogP) is 3.59. The normalized spacial score (nSPS) is 11.7. The molecule has 9 heteroatoms. The van der Waals surface area contributed by atoms with Gasteiger partial charge in [0, 0.05) is 16.8 Å². The van der Waals surface area contributed by atoms with Crippen LogP contribution < -0.4 is 16.1 Å². The second kappa shape index (κ2) is 9.46. The third-order valence-corrected chi connectivity index (χ3v) is 5.91. The number of rotatable bonds is 7. The number of benzene rings is 2. The van der Waals surface area contributed by atoms with Gasteiger partial charge in [0.1, 0.15) is 12.3 Å². The molecule has 4 aromatic rings. The van der Waals surface area contributed by atoms with Crippen molar-refractivity contribution in [1.82, 2.24) is 10.8 Å². The largest absolute Gasteiger partial charge is 0.472 e. The number of carbonyl (C=O) groups is 3. The molecule has 162 valence electrons. The Morgan fingerprint density at radius 2 is 1.81 bits per heavy atom. The van der Waals surface area contributed by atoms with Crippen molar-refractivity contribution < 1.29 is 24.0 Å². The van der Waals surface area contributed by atoms with Gasteiger partial charge in [0.05, 0.1) is 16.7 Å². The van der Waals surface area contributed by atoms with Crippen LogP contribution in [-0.2, 0) is 11.2 Å². The van der Waals surface area contributed by atoms with Gasteiger partial charge in [-0.25, -0.2) is 5.48 Å². The fourth-order valence-corrected chi connectivity index (χ4v) is 4.14. The smallest absolute Gasteiger partial charge is 0.284 e. The first kappa shape index (κ1) is 21.3. The van der Waals surface area contributed by atoms with Gasteiger partial charge in [-0.3, -0.25) is 19.6 Å². The first-order valence-electron chi connectivity index (χ1n) is 9.69. The zero-order chi connectivity index (χ0) is 22.5. The van der Waals surface area contributed by atoms with E-state index in [1.54, 1.807) is 29.7 Å². The molecule has 1 atom stereocenters. The summed E-state index contributed by atoms with van der Waals surface area (Å²) < 4.78 is 5.78. The van der Waals surface area contributed by atoms with E-state index >= 15 is 0 Å². The van der Waals surface area contributed by atoms with E-state index in [1.165, 1.54) is 29.9 Å². The Kier molecular flexibility index (Phi) is 6.29. The zero-order valence-corrected chi connectivity index (χ0v) is 17.5. The highest BCUT2D eigenvalue weighted by molar-refractivity contribution is 7.20. The number of carbonyl (C=O) groups excluding carboxylic acids is 3. The summed E-state index contributed by atoms with van der Waals surface area (Å²) in [5, 5.41) is 15.2. The molecule has 0 aliphatic heterocycles. The lowest BCUT2D eigenvalue weighted by Gasteiger charge is -2.18. The molecule has 2 aromatic carbocycles. The fraction of sp³-hybridized carbons (Fsp3) is 0.0870. The third kappa shape index (κ3) is 4.85. The number of hydrogen-bond acceptors (Lipinski definition) is 6. The first-order chi connectivity index (χ1) is 15.5. The number of hydroxylamine groups is 1. The average Bonchev–Trinajstić information content (AvgIpc) is 3.48. The summed E-state index contributed by atoms with van der Waals surface area (Å²) in [4.78, 5) is 37.6. The molecule has 0 saturated carbocycles. The topological polar surface area (TPSA) is 121 Å². The molecular weight excluding hydrogens is 430 g/mol. The minimum Gasteiger partial charge on any atom is -0.472 e. The molecule has 0 radical (unpaired) electrons. The molecule has 0 spiro atoms. The quantitative estimate of drug-likeness (QED) is 0.254. The maximum Gasteiger partial charge on any atom is 0.284 e. The number of amides is 3. The highest BCUT2D eigenvalue weighted by Gasteiger charge is 2.23. The highest BCUT2D eigenvalue weighted by atomic mass is 32.1. The molecule has 2 heterocycles. The molecule has 0 aliphatic rings. The van der Waals surface area contributed by atoms with E-state index in [0.29, 0.717) is 22.5 Å². The Labute approximate surface area is 186 Å². The van der Waals surface area contributed by atoms with Gasteiger partial charge in [-0.2, -0.15) is 0 Å². The summed E-state index contributed by atoms with van der Waals surface area (Å²) in [7, 11) is 0. The SMILES string of the molecule is O=C(N[C@@H](Cc1ccccc1)C(=O)Nc1ccc2sc(C(=O)NO)cc2c1)c1ccoc1. The van der Waals surface area contributed by atoms with Gasteiger partial charge < -0.3 is 15.1 Å². The molecule has 0 bridgehead atoms. The number of nitrogens with one attached hydrogen (secondary N) is 3. The summed E-state index contributed by atoms with van der Waals surface area (Å²) in [6.07, 6.45) is 3.01. The lowest BCUT2D eigenvalue weighted by Crippen LogP contribution is -2.45. The van der Waals surface area contributed by atoms with Crippen LogP contribution in [0.5, 0.6) is 0 Å². The van der Waals surface area contributed by atoms with Crippen molar-refractivity contribution in [3.05, 3.63) is 89.2 Å². The van der Waals surface area contributed by atoms with Crippen LogP contribution in [0.15, 0.2) is 77.6 Å². The Morgan fingerprint density at radius 3 is 2.53 bits per heavy atom. The van der Waals surface area contributed by atoms with Crippen LogP contribution in [0, 0.1) is 0 Å². The van der Waals surface area contributed by atoms with Gasteiger partial charge in [0.25, 0.3) is 11.8 Å². The lowest BCUT2D eigenvalue weighted by atomic mass is 10.0. The van der Waals surface area contributed by atoms with Crippen molar-refractivity contribution in [1.29, 1.82) is 0 Å². The third-order valence-electron chi connectivity index (χ3n) is 4.80. The van der Waals surface area contributed by atoms with Gasteiger partial charge in [-0.1, -0.05) is 30.3 Å². The number of thiophene rings is 1. The first-order valence-corrected chi connectivity index (χ1v) is 10.5. The van der Waals surface area contributed by atoms with Crippen molar-refractivity contribution in [3.8, 4) is 0 Å². The Bertz CT molecular complexity index is 1250. The summed E-state index contributed by atoms with van der Waals surface area (Å²) in [5.41, 5.74) is 3.35. The molecule has 0 unspecified atom stereocenters. The standard InChI is InChI=1S/C23H19N3O5S/c27-21(15-8-9-31-13-15)25-18(10-14-4-2-1-3-5-14)22(28)24-17-6-7-19-16(11-17)12-20(32-19)23(29)26-30/h1-9,11-13,18,30H,10H2,(H,24,28)(H,25,27)(H,26,29)/t18-/m0/s1. The van der Waals surface area contributed by atoms with Crippen LogP contribution in [0.4, 0.5) is 5.69 Å². The van der Waals surface area contributed by atoms with Gasteiger partial charge in [-0.05, 0) is 41.3 Å². The van der Waals surface area contributed by atoms with E-state index in [0.717, 1.165) is 15.6 Å². The van der Waals surface area contributed by atoms with Gasteiger partial charge in [0.15, 0.2) is 0 Å². The van der Waals surface area contributed by atoms with E-state index in [1.807, 2.05) is 30.3 Å². The minimum absolute atomic E-state index is 0.303. The van der Waals surface area contributed by atoms with Crippen LogP contribution in [0.3, 0.4) is 0 Å². The van der Waals surface area contributed by atoms with Gasteiger partial charge >= 0.3 is 0 Å². The maximum absolute atomic E-state index is 13.1. The number of fused-ring (bicyclic) bond motifs is 1. The summed E-state index contributed by atoms with van der Waals surface area (Å²) in [5.74, 6) is -1.39. The molecule has 0 aliphatic carbocycles. The van der Waals surface area contributed by atoms with E-state index in [-0.39, 0.29) is 5.91 Å². The van der Waals surface area contributed by atoms with E-state index in [2.05, 4.69) is 10.6 Å². The van der Waals surface area contributed by atoms with Crippen molar-refractivity contribution in [2.24, 2.45) is 0 Å². The molecule has 32 heavy (non-hydrogen) atoms. The summed E-state index contributed by atoms with van der Waals surface area (Å²) in [6, 6.07) is 16.9. The molecule has 8 nitrogen and oxygen atoms in total. The van der Waals surface area contributed by atoms with Crippen molar-refractivity contribution in [2.75, 3.05) is 5.32 Å². The lowest BCUT2D eigenvalue weighted by molar-refractivity contribution is -0.118. The second-order valence-corrected chi connectivity index (χ2v) is 8.11. The molecule has 0 saturated heterocycles. The van der Waals surface area contributed by atoms with Crippen LogP contribution >= 0.6 is 11.3 Å². The van der Waals surface area contributed by atoms with Crippen molar-refractivity contribution in [3.63, 3.8) is 0 Å². The maximum atomic E-state index is 13.1. The zero-order valence-electron chi connectivity index (χ0n) is 16.7. The number of anilines is 1. The summed E-state index contributed by atoms with van der Waals surface area (Å²) in [6.45, 7) is 0. The monoisotopic (exact) mass is 449 g/mol. The van der Waals surface area contributed by atoms with Gasteiger partial charge in [-0.15, -0.1) is 11.3 Å². The van der Waals surface area contributed by atoms with E-state index < -0.39 is 17.9 Å². The molecule has 0 fully saturated rings. The molecule has 4 N–H and O–H groups in total. The fourth-order valence-electron chi connectivity index (χ4n) is 3.21. The predicted molar refractivity (Wildman–Crippen MR) is 120 cm³/mol. The van der Waals surface area contributed by atoms with Crippen molar-refractivity contribution in [2.45, 2.75) is 12.5 Å². The van der Waals surface area contributed by atoms with Gasteiger partial charge in [0.2, 0.25) is 5.91 Å². The Hall–Kier alpha value is -3.95. The average molecular weight is 449 g/mol. The van der Waals surface area contributed by atoms with E-state index in [4.69, 9.17) is 9.62 Å². The Balaban J connectivity index is 1.54. The van der Waals surface area contributed by atoms with Crippen LogP contribution in [0.1, 0.15) is 25.6 Å². The van der Waals surface area contributed by atoms with Crippen LogP contribution in [0.25, 0.3) is 10.1 Å². The van der Waals surface area contributed by atoms with Crippen LogP contribution in [-0.4, -0.2) is 29.0 Å². The second-order valence-electron chi connectivity index (χ2n) is 7.02. The molecular formula is C23H19N3O5S. The number of hydrogen-bond donors (Lipinski definition) is 4. The summed E-state index contributed by atoms with van der Waals surface area (Å²) >= 11 is 1.22. The Morgan fingerprint density at radius 1 is 1.00 bits per heavy atom. The van der Waals surface area contributed by atoms with Crippen molar-refractivity contribution >= 4 is 44.8 Å². The molecule has 3 amide bonds. The molecule has 2 aromatic heterocycles. The number of furan rings is 1.